The number of furan rings is 1. The van der Waals surface area contributed by atoms with Gasteiger partial charge in [-0.1, -0.05) is 12.1 Å². The summed E-state index contributed by atoms with van der Waals surface area (Å²) in [5.41, 5.74) is 7.88. The van der Waals surface area contributed by atoms with Crippen molar-refractivity contribution >= 4 is 11.6 Å². The molecule has 1 atom stereocenters. The van der Waals surface area contributed by atoms with Gasteiger partial charge in [-0.05, 0) is 49.2 Å². The molecule has 2 rings (SSSR count). The van der Waals surface area contributed by atoms with E-state index in [2.05, 4.69) is 0 Å². The van der Waals surface area contributed by atoms with Crippen LogP contribution in [0, 0.1) is 0 Å². The highest BCUT2D eigenvalue weighted by Gasteiger charge is 2.14. The summed E-state index contributed by atoms with van der Waals surface area (Å²) in [5, 5.41) is 0.338. The lowest BCUT2D eigenvalue weighted by atomic mass is 10.0. The van der Waals surface area contributed by atoms with Crippen molar-refractivity contribution in [3.63, 3.8) is 0 Å². The Morgan fingerprint density at radius 1 is 1.17 bits per heavy atom. The van der Waals surface area contributed by atoms with E-state index in [1.165, 1.54) is 6.26 Å². The Kier molecular flexibility index (Phi) is 3.94. The number of halogens is 1. The molecule has 1 aromatic heterocycles. The van der Waals surface area contributed by atoms with Gasteiger partial charge in [0.1, 0.15) is 5.75 Å². The molecule has 0 amide bonds. The summed E-state index contributed by atoms with van der Waals surface area (Å²) in [6.07, 6.45) is 1.70. The summed E-state index contributed by atoms with van der Waals surface area (Å²) in [7, 11) is 0. The number of ether oxygens (including phenoxy) is 1. The molecule has 0 bridgehead atoms. The molecule has 96 valence electrons. The predicted octanol–water partition coefficient (Wildman–Crippen LogP) is 3.77. The average molecular weight is 266 g/mol. The minimum Gasteiger partial charge on any atom is -0.491 e. The van der Waals surface area contributed by atoms with Crippen LogP contribution in [0.25, 0.3) is 0 Å². The van der Waals surface area contributed by atoms with Gasteiger partial charge < -0.3 is 14.9 Å². The fraction of sp³-hybridized carbons (Fsp3) is 0.286. The van der Waals surface area contributed by atoms with Crippen molar-refractivity contribution in [1.82, 2.24) is 0 Å². The molecular formula is C14H16ClNO2. The first-order chi connectivity index (χ1) is 8.58. The van der Waals surface area contributed by atoms with E-state index >= 15 is 0 Å². The largest absolute Gasteiger partial charge is 0.491 e. The molecule has 2 N–H and O–H groups in total. The number of hydrogen-bond acceptors (Lipinski definition) is 3. The van der Waals surface area contributed by atoms with Gasteiger partial charge in [0.15, 0.2) is 5.22 Å². The van der Waals surface area contributed by atoms with Crippen LogP contribution in [0.15, 0.2) is 41.0 Å². The third kappa shape index (κ3) is 2.86. The molecule has 18 heavy (non-hydrogen) atoms. The Bertz CT molecular complexity index is 505. The fourth-order valence-corrected chi connectivity index (χ4v) is 1.96. The molecule has 0 saturated heterocycles. The van der Waals surface area contributed by atoms with E-state index in [4.69, 9.17) is 26.5 Å². The van der Waals surface area contributed by atoms with E-state index in [1.807, 2.05) is 38.1 Å². The van der Waals surface area contributed by atoms with Gasteiger partial charge in [-0.25, -0.2) is 0 Å². The number of benzene rings is 1. The van der Waals surface area contributed by atoms with Gasteiger partial charge in [-0.15, -0.1) is 0 Å². The summed E-state index contributed by atoms with van der Waals surface area (Å²) >= 11 is 5.91. The van der Waals surface area contributed by atoms with Gasteiger partial charge in [-0.3, -0.25) is 0 Å². The Morgan fingerprint density at radius 2 is 1.83 bits per heavy atom. The van der Waals surface area contributed by atoms with Crippen LogP contribution in [-0.4, -0.2) is 6.10 Å². The first-order valence-electron chi connectivity index (χ1n) is 5.83. The van der Waals surface area contributed by atoms with E-state index in [0.29, 0.717) is 5.22 Å². The molecule has 1 aromatic carbocycles. The van der Waals surface area contributed by atoms with Crippen LogP contribution < -0.4 is 10.5 Å². The van der Waals surface area contributed by atoms with Crippen molar-refractivity contribution in [2.24, 2.45) is 5.73 Å². The maximum atomic E-state index is 6.13. The number of hydrogen-bond donors (Lipinski definition) is 1. The lowest BCUT2D eigenvalue weighted by Crippen LogP contribution is -2.11. The lowest BCUT2D eigenvalue weighted by molar-refractivity contribution is 0.242. The molecule has 0 aliphatic rings. The molecule has 0 fully saturated rings. The zero-order valence-electron chi connectivity index (χ0n) is 10.4. The Balaban J connectivity index is 2.17. The lowest BCUT2D eigenvalue weighted by Gasteiger charge is -2.13. The highest BCUT2D eigenvalue weighted by Crippen LogP contribution is 2.28. The molecule has 4 heteroatoms. The van der Waals surface area contributed by atoms with Gasteiger partial charge in [-0.2, -0.15) is 0 Å². The first kappa shape index (κ1) is 13.0. The van der Waals surface area contributed by atoms with Crippen molar-refractivity contribution in [1.29, 1.82) is 0 Å². The molecule has 1 heterocycles. The second-order valence-corrected chi connectivity index (χ2v) is 4.71. The quantitative estimate of drug-likeness (QED) is 0.915. The molecule has 0 saturated carbocycles. The van der Waals surface area contributed by atoms with Crippen LogP contribution in [-0.2, 0) is 0 Å². The van der Waals surface area contributed by atoms with E-state index in [0.717, 1.165) is 16.9 Å². The van der Waals surface area contributed by atoms with E-state index < -0.39 is 0 Å². The minimum atomic E-state index is -0.288. The van der Waals surface area contributed by atoms with Crippen molar-refractivity contribution in [2.75, 3.05) is 0 Å². The molecule has 0 radical (unpaired) electrons. The Labute approximate surface area is 111 Å². The van der Waals surface area contributed by atoms with Crippen molar-refractivity contribution in [3.8, 4) is 5.75 Å². The second kappa shape index (κ2) is 5.46. The van der Waals surface area contributed by atoms with Gasteiger partial charge >= 0.3 is 0 Å². The molecule has 1 unspecified atom stereocenters. The van der Waals surface area contributed by atoms with E-state index in [-0.39, 0.29) is 12.1 Å². The highest BCUT2D eigenvalue weighted by atomic mass is 35.5. The average Bonchev–Trinajstić information content (AvgIpc) is 2.75. The molecule has 0 aliphatic heterocycles. The van der Waals surface area contributed by atoms with Gasteiger partial charge in [0.05, 0.1) is 18.4 Å². The summed E-state index contributed by atoms with van der Waals surface area (Å²) in [5.74, 6) is 0.833. The molecule has 0 spiro atoms. The summed E-state index contributed by atoms with van der Waals surface area (Å²) < 4.78 is 10.6. The molecular weight excluding hydrogens is 250 g/mol. The zero-order valence-corrected chi connectivity index (χ0v) is 11.1. The topological polar surface area (TPSA) is 48.4 Å². The zero-order chi connectivity index (χ0) is 13.1. The van der Waals surface area contributed by atoms with Crippen LogP contribution >= 0.6 is 11.6 Å². The van der Waals surface area contributed by atoms with Crippen LogP contribution in [0.5, 0.6) is 5.75 Å². The van der Waals surface area contributed by atoms with E-state index in [1.54, 1.807) is 6.07 Å². The van der Waals surface area contributed by atoms with Gasteiger partial charge in [0.25, 0.3) is 0 Å². The highest BCUT2D eigenvalue weighted by molar-refractivity contribution is 6.29. The SMILES string of the molecule is CC(C)Oc1ccc(C(N)c2ccoc2Cl)cc1. The third-order valence-electron chi connectivity index (χ3n) is 2.59. The van der Waals surface area contributed by atoms with E-state index in [9.17, 15) is 0 Å². The maximum Gasteiger partial charge on any atom is 0.198 e. The fourth-order valence-electron chi connectivity index (χ4n) is 1.73. The first-order valence-corrected chi connectivity index (χ1v) is 6.21. The van der Waals surface area contributed by atoms with Crippen LogP contribution in [0.1, 0.15) is 31.0 Å². The monoisotopic (exact) mass is 265 g/mol. The molecule has 2 aromatic rings. The summed E-state index contributed by atoms with van der Waals surface area (Å²) in [6, 6.07) is 9.18. The molecule has 0 aliphatic carbocycles. The van der Waals surface area contributed by atoms with Crippen molar-refractivity contribution < 1.29 is 9.15 Å². The Morgan fingerprint density at radius 3 is 2.33 bits per heavy atom. The number of rotatable bonds is 4. The van der Waals surface area contributed by atoms with Crippen molar-refractivity contribution in [3.05, 3.63) is 52.9 Å². The van der Waals surface area contributed by atoms with Crippen LogP contribution in [0.3, 0.4) is 0 Å². The van der Waals surface area contributed by atoms with Gasteiger partial charge in [0.2, 0.25) is 0 Å². The smallest absolute Gasteiger partial charge is 0.198 e. The minimum absolute atomic E-state index is 0.160. The third-order valence-corrected chi connectivity index (χ3v) is 2.90. The number of nitrogens with two attached hydrogens (primary N) is 1. The molecule has 3 nitrogen and oxygen atoms in total. The predicted molar refractivity (Wildman–Crippen MR) is 72.0 cm³/mol. The van der Waals surface area contributed by atoms with Gasteiger partial charge in [0, 0.05) is 5.56 Å². The maximum absolute atomic E-state index is 6.13. The Hall–Kier alpha value is -1.45. The van der Waals surface area contributed by atoms with Crippen molar-refractivity contribution in [2.45, 2.75) is 26.0 Å². The van der Waals surface area contributed by atoms with Crippen LogP contribution in [0.2, 0.25) is 5.22 Å². The van der Waals surface area contributed by atoms with Crippen LogP contribution in [0.4, 0.5) is 0 Å². The standard InChI is InChI=1S/C14H16ClNO2/c1-9(2)18-11-5-3-10(4-6-11)13(16)12-7-8-17-14(12)15/h3-9,13H,16H2,1-2H3. The normalized spacial score (nSPS) is 12.7. The summed E-state index contributed by atoms with van der Waals surface area (Å²) in [6.45, 7) is 3.98. The second-order valence-electron chi connectivity index (χ2n) is 4.36. The summed E-state index contributed by atoms with van der Waals surface area (Å²) in [4.78, 5) is 0.